The van der Waals surface area contributed by atoms with E-state index < -0.39 is 0 Å². The molecule has 0 heterocycles. The first-order chi connectivity index (χ1) is 6.22. The molecule has 1 aliphatic carbocycles. The van der Waals surface area contributed by atoms with Gasteiger partial charge in [0, 0.05) is 13.1 Å². The Bertz CT molecular complexity index is 170. The first-order valence-electron chi connectivity index (χ1n) is 5.16. The van der Waals surface area contributed by atoms with Gasteiger partial charge in [-0.25, -0.2) is 0 Å². The largest absolute Gasteiger partial charge is 0.358 e. The molecule has 1 fully saturated rings. The van der Waals surface area contributed by atoms with Crippen molar-refractivity contribution in [1.82, 2.24) is 10.6 Å². The van der Waals surface area contributed by atoms with Crippen LogP contribution in [0.3, 0.4) is 0 Å². The number of nitrogens with one attached hydrogen (secondary N) is 2. The summed E-state index contributed by atoms with van der Waals surface area (Å²) in [6.45, 7) is 2.75. The van der Waals surface area contributed by atoms with Crippen molar-refractivity contribution in [3.8, 4) is 0 Å². The van der Waals surface area contributed by atoms with Gasteiger partial charge in [-0.3, -0.25) is 4.79 Å². The Balaban J connectivity index is 2.17. The lowest BCUT2D eigenvalue weighted by molar-refractivity contribution is -0.119. The Kier molecular flexibility index (Phi) is 4.22. The van der Waals surface area contributed by atoms with Crippen molar-refractivity contribution in [2.75, 3.05) is 13.6 Å². The van der Waals surface area contributed by atoms with Crippen LogP contribution in [-0.2, 0) is 4.79 Å². The predicted molar refractivity (Wildman–Crippen MR) is 53.5 cm³/mol. The normalized spacial score (nSPS) is 28.5. The number of rotatable bonds is 3. The van der Waals surface area contributed by atoms with E-state index in [1.54, 1.807) is 7.05 Å². The maximum Gasteiger partial charge on any atom is 0.233 e. The highest BCUT2D eigenvalue weighted by molar-refractivity contribution is 5.77. The highest BCUT2D eigenvalue weighted by Crippen LogP contribution is 2.23. The maximum absolute atomic E-state index is 11.0. The van der Waals surface area contributed by atoms with Crippen LogP contribution in [0.2, 0.25) is 0 Å². The van der Waals surface area contributed by atoms with Crippen molar-refractivity contribution in [2.45, 2.75) is 38.6 Å². The highest BCUT2D eigenvalue weighted by Gasteiger charge is 2.18. The van der Waals surface area contributed by atoms with Crippen molar-refractivity contribution in [1.29, 1.82) is 0 Å². The van der Waals surface area contributed by atoms with E-state index in [0.717, 1.165) is 5.92 Å². The van der Waals surface area contributed by atoms with Crippen LogP contribution < -0.4 is 10.6 Å². The zero-order chi connectivity index (χ0) is 9.68. The van der Waals surface area contributed by atoms with E-state index in [0.29, 0.717) is 12.6 Å². The SMILES string of the molecule is CNC(=O)CNC1CCCC(C)C1. The van der Waals surface area contributed by atoms with Gasteiger partial charge in [-0.1, -0.05) is 19.8 Å². The molecule has 1 saturated carbocycles. The molecule has 1 amide bonds. The summed E-state index contributed by atoms with van der Waals surface area (Å²) in [4.78, 5) is 11.0. The topological polar surface area (TPSA) is 41.1 Å². The van der Waals surface area contributed by atoms with Crippen molar-refractivity contribution in [3.05, 3.63) is 0 Å². The molecule has 1 rings (SSSR count). The molecular formula is C10H20N2O. The second-order valence-corrected chi connectivity index (χ2v) is 4.02. The predicted octanol–water partition coefficient (Wildman–Crippen LogP) is 0.901. The van der Waals surface area contributed by atoms with Gasteiger partial charge < -0.3 is 10.6 Å². The molecule has 3 heteroatoms. The number of carbonyl (C=O) groups excluding carboxylic acids is 1. The van der Waals surface area contributed by atoms with Gasteiger partial charge in [0.25, 0.3) is 0 Å². The summed E-state index contributed by atoms with van der Waals surface area (Å²) in [6, 6.07) is 0.557. The average molecular weight is 184 g/mol. The zero-order valence-electron chi connectivity index (χ0n) is 8.60. The van der Waals surface area contributed by atoms with Crippen molar-refractivity contribution < 1.29 is 4.79 Å². The third kappa shape index (κ3) is 3.77. The first kappa shape index (κ1) is 10.5. The Labute approximate surface area is 80.3 Å². The summed E-state index contributed by atoms with van der Waals surface area (Å²) in [5.74, 6) is 0.897. The van der Waals surface area contributed by atoms with Crippen molar-refractivity contribution >= 4 is 5.91 Å². The summed E-state index contributed by atoms with van der Waals surface area (Å²) in [6.07, 6.45) is 5.09. The Morgan fingerprint density at radius 3 is 2.85 bits per heavy atom. The van der Waals surface area contributed by atoms with Gasteiger partial charge in [-0.15, -0.1) is 0 Å². The van der Waals surface area contributed by atoms with Crippen LogP contribution in [-0.4, -0.2) is 25.5 Å². The fraction of sp³-hybridized carbons (Fsp3) is 0.900. The molecule has 3 nitrogen and oxygen atoms in total. The van der Waals surface area contributed by atoms with Gasteiger partial charge in [-0.05, 0) is 18.8 Å². The number of likely N-dealkylation sites (N-methyl/N-ethyl adjacent to an activating group) is 1. The quantitative estimate of drug-likeness (QED) is 0.684. The second kappa shape index (κ2) is 5.22. The minimum absolute atomic E-state index is 0.0817. The molecule has 0 aromatic rings. The minimum Gasteiger partial charge on any atom is -0.358 e. The summed E-state index contributed by atoms with van der Waals surface area (Å²) in [5, 5.41) is 5.90. The van der Waals surface area contributed by atoms with E-state index in [1.807, 2.05) is 0 Å². The molecule has 0 aromatic carbocycles. The smallest absolute Gasteiger partial charge is 0.233 e. The maximum atomic E-state index is 11.0. The van der Waals surface area contributed by atoms with Crippen LogP contribution in [0.1, 0.15) is 32.6 Å². The molecule has 0 aromatic heterocycles. The number of hydrogen-bond acceptors (Lipinski definition) is 2. The van der Waals surface area contributed by atoms with Gasteiger partial charge >= 0.3 is 0 Å². The van der Waals surface area contributed by atoms with E-state index >= 15 is 0 Å². The minimum atomic E-state index is 0.0817. The Morgan fingerprint density at radius 1 is 1.46 bits per heavy atom. The molecule has 2 N–H and O–H groups in total. The molecular weight excluding hydrogens is 164 g/mol. The lowest BCUT2D eigenvalue weighted by atomic mass is 9.87. The van der Waals surface area contributed by atoms with Crippen molar-refractivity contribution in [2.24, 2.45) is 5.92 Å². The summed E-state index contributed by atoms with van der Waals surface area (Å²) >= 11 is 0. The molecule has 13 heavy (non-hydrogen) atoms. The van der Waals surface area contributed by atoms with E-state index in [4.69, 9.17) is 0 Å². The second-order valence-electron chi connectivity index (χ2n) is 4.02. The van der Waals surface area contributed by atoms with Gasteiger partial charge in [0.1, 0.15) is 0 Å². The number of amides is 1. The average Bonchev–Trinajstić information content (AvgIpc) is 2.14. The zero-order valence-corrected chi connectivity index (χ0v) is 8.60. The van der Waals surface area contributed by atoms with E-state index in [9.17, 15) is 4.79 Å². The number of carbonyl (C=O) groups is 1. The molecule has 0 aliphatic heterocycles. The van der Waals surface area contributed by atoms with Crippen LogP contribution in [0.25, 0.3) is 0 Å². The van der Waals surface area contributed by atoms with Crippen LogP contribution in [0.4, 0.5) is 0 Å². The van der Waals surface area contributed by atoms with Gasteiger partial charge in [0.05, 0.1) is 6.54 Å². The monoisotopic (exact) mass is 184 g/mol. The fourth-order valence-corrected chi connectivity index (χ4v) is 1.94. The van der Waals surface area contributed by atoms with Crippen LogP contribution >= 0.6 is 0 Å². The molecule has 0 saturated heterocycles. The molecule has 0 spiro atoms. The van der Waals surface area contributed by atoms with Crippen molar-refractivity contribution in [3.63, 3.8) is 0 Å². The highest BCUT2D eigenvalue weighted by atomic mass is 16.1. The van der Waals surface area contributed by atoms with E-state index in [2.05, 4.69) is 17.6 Å². The van der Waals surface area contributed by atoms with E-state index in [-0.39, 0.29) is 5.91 Å². The molecule has 0 bridgehead atoms. The van der Waals surface area contributed by atoms with Gasteiger partial charge in [-0.2, -0.15) is 0 Å². The standard InChI is InChI=1S/C10H20N2O/c1-8-4-3-5-9(6-8)12-7-10(13)11-2/h8-9,12H,3-7H2,1-2H3,(H,11,13). The van der Waals surface area contributed by atoms with E-state index in [1.165, 1.54) is 25.7 Å². The number of hydrogen-bond donors (Lipinski definition) is 2. The Hall–Kier alpha value is -0.570. The first-order valence-corrected chi connectivity index (χ1v) is 5.16. The molecule has 1 aliphatic rings. The lowest BCUT2D eigenvalue weighted by Crippen LogP contribution is -2.40. The third-order valence-corrected chi connectivity index (χ3v) is 2.77. The summed E-state index contributed by atoms with van der Waals surface area (Å²) < 4.78 is 0. The lowest BCUT2D eigenvalue weighted by Gasteiger charge is -2.27. The molecule has 0 radical (unpaired) electrons. The third-order valence-electron chi connectivity index (χ3n) is 2.77. The summed E-state index contributed by atoms with van der Waals surface area (Å²) in [7, 11) is 1.67. The van der Waals surface area contributed by atoms with Crippen LogP contribution in [0, 0.1) is 5.92 Å². The Morgan fingerprint density at radius 2 is 2.23 bits per heavy atom. The molecule has 2 unspecified atom stereocenters. The molecule has 76 valence electrons. The van der Waals surface area contributed by atoms with Gasteiger partial charge in [0.15, 0.2) is 0 Å². The molecule has 2 atom stereocenters. The fourth-order valence-electron chi connectivity index (χ4n) is 1.94. The summed E-state index contributed by atoms with van der Waals surface area (Å²) in [5.41, 5.74) is 0. The van der Waals surface area contributed by atoms with Crippen LogP contribution in [0.15, 0.2) is 0 Å². The van der Waals surface area contributed by atoms with Crippen LogP contribution in [0.5, 0.6) is 0 Å². The van der Waals surface area contributed by atoms with Gasteiger partial charge in [0.2, 0.25) is 5.91 Å².